The molecule has 1 aromatic carbocycles. The van der Waals surface area contributed by atoms with Crippen molar-refractivity contribution in [1.82, 2.24) is 0 Å². The summed E-state index contributed by atoms with van der Waals surface area (Å²) in [6.07, 6.45) is 0.928. The molecule has 2 aromatic rings. The fraction of sp³-hybridized carbons (Fsp3) is 0.214. The monoisotopic (exact) mass is 312 g/mol. The third kappa shape index (κ3) is 3.32. The van der Waals surface area contributed by atoms with E-state index >= 15 is 0 Å². The van der Waals surface area contributed by atoms with Gasteiger partial charge in [-0.3, -0.25) is 4.21 Å². The van der Waals surface area contributed by atoms with Gasteiger partial charge in [0.15, 0.2) is 0 Å². The van der Waals surface area contributed by atoms with Gasteiger partial charge >= 0.3 is 5.97 Å². The van der Waals surface area contributed by atoms with E-state index in [1.54, 1.807) is 11.3 Å². The first kappa shape index (κ1) is 14.9. The lowest BCUT2D eigenvalue weighted by Crippen LogP contribution is -2.03. The van der Waals surface area contributed by atoms with Crippen LogP contribution in [0.4, 0.5) is 4.39 Å². The summed E-state index contributed by atoms with van der Waals surface area (Å²) in [6.45, 7) is 2.05. The number of carboxylic acid groups (broad SMARTS) is 1. The number of rotatable bonds is 5. The van der Waals surface area contributed by atoms with Crippen LogP contribution in [0.3, 0.4) is 0 Å². The van der Waals surface area contributed by atoms with Crippen LogP contribution in [0.1, 0.15) is 27.0 Å². The highest BCUT2D eigenvalue weighted by Gasteiger charge is 2.14. The fourth-order valence-electron chi connectivity index (χ4n) is 1.71. The maximum Gasteiger partial charge on any atom is 0.338 e. The first-order valence-electron chi connectivity index (χ1n) is 6.00. The van der Waals surface area contributed by atoms with E-state index in [-0.39, 0.29) is 0 Å². The molecule has 0 fully saturated rings. The SMILES string of the molecule is CCc1ccc(CS(=O)c2ccc(F)c(C(=O)O)c2)s1. The van der Waals surface area contributed by atoms with Gasteiger partial charge in [0.2, 0.25) is 0 Å². The van der Waals surface area contributed by atoms with Crippen molar-refractivity contribution in [2.24, 2.45) is 0 Å². The van der Waals surface area contributed by atoms with Crippen LogP contribution in [0, 0.1) is 5.82 Å². The Labute approximate surface area is 122 Å². The highest BCUT2D eigenvalue weighted by molar-refractivity contribution is 7.84. The number of carbonyl (C=O) groups is 1. The molecule has 0 saturated carbocycles. The first-order valence-corrected chi connectivity index (χ1v) is 8.13. The van der Waals surface area contributed by atoms with Crippen molar-refractivity contribution in [1.29, 1.82) is 0 Å². The quantitative estimate of drug-likeness (QED) is 0.920. The molecule has 6 heteroatoms. The van der Waals surface area contributed by atoms with Gasteiger partial charge in [0.05, 0.1) is 22.1 Å². The minimum absolute atomic E-state index is 0.315. The van der Waals surface area contributed by atoms with Crippen LogP contribution in [-0.4, -0.2) is 15.3 Å². The molecule has 20 heavy (non-hydrogen) atoms. The van der Waals surface area contributed by atoms with Crippen molar-refractivity contribution in [3.05, 3.63) is 51.5 Å². The minimum atomic E-state index is -1.38. The second-order valence-electron chi connectivity index (χ2n) is 4.16. The Balaban J connectivity index is 2.21. The van der Waals surface area contributed by atoms with E-state index in [2.05, 4.69) is 0 Å². The molecular weight excluding hydrogens is 299 g/mol. The van der Waals surface area contributed by atoms with Gasteiger partial charge in [-0.2, -0.15) is 0 Å². The van der Waals surface area contributed by atoms with Gasteiger partial charge in [-0.25, -0.2) is 9.18 Å². The molecule has 2 rings (SSSR count). The Morgan fingerprint density at radius 1 is 1.30 bits per heavy atom. The van der Waals surface area contributed by atoms with Crippen molar-refractivity contribution in [3.8, 4) is 0 Å². The van der Waals surface area contributed by atoms with E-state index in [0.29, 0.717) is 10.6 Å². The predicted octanol–water partition coefficient (Wildman–Crippen LogP) is 3.46. The van der Waals surface area contributed by atoms with Crippen molar-refractivity contribution in [2.75, 3.05) is 0 Å². The Hall–Kier alpha value is -1.53. The largest absolute Gasteiger partial charge is 0.478 e. The number of carboxylic acids is 1. The molecule has 0 amide bonds. The molecule has 1 N–H and O–H groups in total. The lowest BCUT2D eigenvalue weighted by Gasteiger charge is -2.03. The third-order valence-electron chi connectivity index (χ3n) is 2.77. The zero-order chi connectivity index (χ0) is 14.7. The van der Waals surface area contributed by atoms with E-state index in [0.717, 1.165) is 23.4 Å². The maximum atomic E-state index is 13.3. The van der Waals surface area contributed by atoms with Crippen molar-refractivity contribution in [3.63, 3.8) is 0 Å². The van der Waals surface area contributed by atoms with Crippen molar-refractivity contribution in [2.45, 2.75) is 24.0 Å². The topological polar surface area (TPSA) is 54.4 Å². The Morgan fingerprint density at radius 3 is 2.60 bits per heavy atom. The van der Waals surface area contributed by atoms with Gasteiger partial charge in [-0.15, -0.1) is 11.3 Å². The standard InChI is InChI=1S/C14H13FO3S2/c1-2-9-3-4-10(19-9)8-20(18)11-5-6-13(15)12(7-11)14(16)17/h3-7H,2,8H2,1H3,(H,16,17). The summed E-state index contributed by atoms with van der Waals surface area (Å²) in [5.74, 6) is -1.86. The number of halogens is 1. The van der Waals surface area contributed by atoms with Crippen LogP contribution in [0.5, 0.6) is 0 Å². The molecule has 0 radical (unpaired) electrons. The Morgan fingerprint density at radius 2 is 2.00 bits per heavy atom. The molecule has 0 bridgehead atoms. The first-order chi connectivity index (χ1) is 9.51. The Kier molecular flexibility index (Phi) is 4.67. The smallest absolute Gasteiger partial charge is 0.338 e. The molecule has 1 atom stereocenters. The molecule has 0 aliphatic carbocycles. The fourth-order valence-corrected chi connectivity index (χ4v) is 4.01. The van der Waals surface area contributed by atoms with Gasteiger partial charge < -0.3 is 5.11 Å². The summed E-state index contributed by atoms with van der Waals surface area (Å²) in [7, 11) is -1.38. The van der Waals surface area contributed by atoms with Crippen LogP contribution >= 0.6 is 11.3 Å². The summed E-state index contributed by atoms with van der Waals surface area (Å²) in [5, 5.41) is 8.86. The number of hydrogen-bond acceptors (Lipinski definition) is 3. The van der Waals surface area contributed by atoms with E-state index in [9.17, 15) is 13.4 Å². The summed E-state index contributed by atoms with van der Waals surface area (Å²) >= 11 is 1.59. The second kappa shape index (κ2) is 6.28. The molecular formula is C14H13FO3S2. The summed E-state index contributed by atoms with van der Waals surface area (Å²) in [4.78, 5) is 13.4. The maximum absolute atomic E-state index is 13.3. The molecule has 1 unspecified atom stereocenters. The predicted molar refractivity (Wildman–Crippen MR) is 77.2 cm³/mol. The van der Waals surface area contributed by atoms with Crippen LogP contribution in [-0.2, 0) is 23.0 Å². The van der Waals surface area contributed by atoms with Gasteiger partial charge in [0.25, 0.3) is 0 Å². The molecule has 1 aromatic heterocycles. The Bertz CT molecular complexity index is 664. The average molecular weight is 312 g/mol. The van der Waals surface area contributed by atoms with Crippen LogP contribution in [0.15, 0.2) is 35.2 Å². The number of benzene rings is 1. The van der Waals surface area contributed by atoms with Gasteiger partial charge in [-0.05, 0) is 36.8 Å². The minimum Gasteiger partial charge on any atom is -0.478 e. The highest BCUT2D eigenvalue weighted by Crippen LogP contribution is 2.22. The summed E-state index contributed by atoms with van der Waals surface area (Å²) in [5.41, 5.74) is -0.448. The summed E-state index contributed by atoms with van der Waals surface area (Å²) < 4.78 is 25.5. The van der Waals surface area contributed by atoms with Crippen LogP contribution in [0.2, 0.25) is 0 Å². The zero-order valence-electron chi connectivity index (χ0n) is 10.8. The summed E-state index contributed by atoms with van der Waals surface area (Å²) in [6, 6.07) is 7.46. The molecule has 0 aliphatic heterocycles. The van der Waals surface area contributed by atoms with E-state index in [1.807, 2.05) is 19.1 Å². The number of thiophene rings is 1. The number of aryl methyl sites for hydroxylation is 1. The van der Waals surface area contributed by atoms with E-state index in [1.165, 1.54) is 10.9 Å². The van der Waals surface area contributed by atoms with Gasteiger partial charge in [0, 0.05) is 14.6 Å². The average Bonchev–Trinajstić information content (AvgIpc) is 2.86. The number of aromatic carboxylic acids is 1. The lowest BCUT2D eigenvalue weighted by atomic mass is 10.2. The van der Waals surface area contributed by atoms with Gasteiger partial charge in [0.1, 0.15) is 5.82 Å². The van der Waals surface area contributed by atoms with E-state index < -0.39 is 28.1 Å². The molecule has 0 spiro atoms. The highest BCUT2D eigenvalue weighted by atomic mass is 32.2. The van der Waals surface area contributed by atoms with Crippen LogP contribution < -0.4 is 0 Å². The third-order valence-corrected chi connectivity index (χ3v) is 5.54. The molecule has 0 saturated heterocycles. The van der Waals surface area contributed by atoms with E-state index in [4.69, 9.17) is 5.11 Å². The molecule has 0 aliphatic rings. The number of hydrogen-bond donors (Lipinski definition) is 1. The van der Waals surface area contributed by atoms with Gasteiger partial charge in [-0.1, -0.05) is 6.92 Å². The molecule has 106 valence electrons. The second-order valence-corrected chi connectivity index (χ2v) is 6.86. The molecule has 1 heterocycles. The normalized spacial score (nSPS) is 12.3. The van der Waals surface area contributed by atoms with Crippen molar-refractivity contribution >= 4 is 28.1 Å². The van der Waals surface area contributed by atoms with Crippen molar-refractivity contribution < 1.29 is 18.5 Å². The lowest BCUT2D eigenvalue weighted by molar-refractivity contribution is 0.0691. The van der Waals surface area contributed by atoms with Crippen LogP contribution in [0.25, 0.3) is 0 Å². The zero-order valence-corrected chi connectivity index (χ0v) is 12.4. The molecule has 3 nitrogen and oxygen atoms in total.